The zero-order valence-corrected chi connectivity index (χ0v) is 10.0. The third-order valence-corrected chi connectivity index (χ3v) is 4.86. The van der Waals surface area contributed by atoms with Gasteiger partial charge in [0.1, 0.15) is 0 Å². The predicted molar refractivity (Wildman–Crippen MR) is 62.3 cm³/mol. The fourth-order valence-corrected chi connectivity index (χ4v) is 3.70. The molecule has 0 aliphatic heterocycles. The molecule has 0 unspecified atom stereocenters. The Morgan fingerprint density at radius 2 is 2.14 bits per heavy atom. The van der Waals surface area contributed by atoms with Crippen LogP contribution in [0.15, 0.2) is 0 Å². The third kappa shape index (κ3) is 2.15. The smallest absolute Gasteiger partial charge is 0.0292 e. The molecule has 3 aliphatic rings. The summed E-state index contributed by atoms with van der Waals surface area (Å²) in [5.41, 5.74) is 0.858. The number of fused-ring (bicyclic) bond motifs is 2. The summed E-state index contributed by atoms with van der Waals surface area (Å²) in [6, 6.07) is 0. The molecule has 0 spiro atoms. The average molecular weight is 194 g/mol. The van der Waals surface area contributed by atoms with Crippen LogP contribution in [0, 0.1) is 17.3 Å². The van der Waals surface area contributed by atoms with Gasteiger partial charge in [0.2, 0.25) is 0 Å². The first-order valence-electron chi connectivity index (χ1n) is 6.74. The first-order valence-corrected chi connectivity index (χ1v) is 6.74. The molecule has 3 fully saturated rings. The Morgan fingerprint density at radius 3 is 2.71 bits per heavy atom. The lowest BCUT2D eigenvalue weighted by molar-refractivity contribution is -0.0147. The highest BCUT2D eigenvalue weighted by molar-refractivity contribution is 4.97. The normalized spacial score (nSPS) is 37.7. The molecule has 0 heterocycles. The molecule has 0 heteroatoms. The highest BCUT2D eigenvalue weighted by Crippen LogP contribution is 2.58. The molecule has 0 nitrogen and oxygen atoms in total. The van der Waals surface area contributed by atoms with Crippen molar-refractivity contribution in [2.75, 3.05) is 0 Å². The van der Waals surface area contributed by atoms with Gasteiger partial charge >= 0.3 is 0 Å². The molecule has 82 valence electrons. The van der Waals surface area contributed by atoms with E-state index in [-0.39, 0.29) is 0 Å². The van der Waals surface area contributed by atoms with Gasteiger partial charge in [-0.3, -0.25) is 0 Å². The highest BCUT2D eigenvalue weighted by Gasteiger charge is 2.45. The van der Waals surface area contributed by atoms with E-state index in [9.17, 15) is 0 Å². The van der Waals surface area contributed by atoms with Crippen molar-refractivity contribution in [2.24, 2.45) is 17.3 Å². The molecule has 0 radical (unpaired) electrons. The third-order valence-electron chi connectivity index (χ3n) is 4.86. The van der Waals surface area contributed by atoms with Crippen molar-refractivity contribution in [3.8, 4) is 0 Å². The van der Waals surface area contributed by atoms with E-state index in [2.05, 4.69) is 13.8 Å². The van der Waals surface area contributed by atoms with E-state index in [1.807, 2.05) is 0 Å². The lowest BCUT2D eigenvalue weighted by Gasteiger charge is -2.53. The predicted octanol–water partition coefficient (Wildman–Crippen LogP) is 4.78. The summed E-state index contributed by atoms with van der Waals surface area (Å²) >= 11 is 0. The van der Waals surface area contributed by atoms with Gasteiger partial charge in [-0.1, -0.05) is 46.0 Å². The van der Waals surface area contributed by atoms with Crippen LogP contribution in [0.25, 0.3) is 0 Å². The lowest BCUT2D eigenvalue weighted by Crippen LogP contribution is -2.41. The highest BCUT2D eigenvalue weighted by atomic mass is 14.5. The zero-order chi connectivity index (χ0) is 10.0. The Bertz CT molecular complexity index is 171. The first kappa shape index (κ1) is 10.5. The standard InChI is InChI=1S/C14H26/c1-3-12(2)6-4-8-14-9-5-7-13(10-14)11-14/h12-13H,3-11H2,1-2H3/t12-,13?,14?/m1/s1. The summed E-state index contributed by atoms with van der Waals surface area (Å²) < 4.78 is 0. The second kappa shape index (κ2) is 4.24. The van der Waals surface area contributed by atoms with Gasteiger partial charge in [-0.25, -0.2) is 0 Å². The van der Waals surface area contributed by atoms with Gasteiger partial charge in [0.05, 0.1) is 0 Å². The van der Waals surface area contributed by atoms with Crippen LogP contribution in [0.4, 0.5) is 0 Å². The van der Waals surface area contributed by atoms with Crippen molar-refractivity contribution in [3.05, 3.63) is 0 Å². The van der Waals surface area contributed by atoms with E-state index >= 15 is 0 Å². The SMILES string of the molecule is CC[C@@H](C)CCCC12CCCC(C1)C2. The molecule has 0 N–H and O–H groups in total. The fourth-order valence-electron chi connectivity index (χ4n) is 3.70. The Labute approximate surface area is 89.5 Å². The largest absolute Gasteiger partial charge is 0.0651 e. The lowest BCUT2D eigenvalue weighted by atomic mass is 9.52. The molecule has 3 saturated carbocycles. The van der Waals surface area contributed by atoms with E-state index in [0.29, 0.717) is 0 Å². The van der Waals surface area contributed by atoms with Crippen LogP contribution >= 0.6 is 0 Å². The molecule has 0 aromatic rings. The maximum Gasteiger partial charge on any atom is -0.0292 e. The van der Waals surface area contributed by atoms with Crippen LogP contribution in [0.1, 0.15) is 71.6 Å². The number of rotatable bonds is 5. The fraction of sp³-hybridized carbons (Fsp3) is 1.00. The summed E-state index contributed by atoms with van der Waals surface area (Å²) in [5.74, 6) is 2.11. The topological polar surface area (TPSA) is 0 Å². The van der Waals surface area contributed by atoms with Crippen molar-refractivity contribution < 1.29 is 0 Å². The van der Waals surface area contributed by atoms with Crippen molar-refractivity contribution in [1.29, 1.82) is 0 Å². The maximum absolute atomic E-state index is 2.40. The van der Waals surface area contributed by atoms with Crippen LogP contribution in [0.2, 0.25) is 0 Å². The van der Waals surface area contributed by atoms with Gasteiger partial charge < -0.3 is 0 Å². The van der Waals surface area contributed by atoms with Gasteiger partial charge in [0.15, 0.2) is 0 Å². The molecule has 3 aliphatic carbocycles. The van der Waals surface area contributed by atoms with Gasteiger partial charge in [0, 0.05) is 0 Å². The average Bonchev–Trinajstić information content (AvgIpc) is 2.17. The molecule has 0 aromatic heterocycles. The van der Waals surface area contributed by atoms with Crippen LogP contribution in [0.5, 0.6) is 0 Å². The van der Waals surface area contributed by atoms with Crippen LogP contribution < -0.4 is 0 Å². The second-order valence-corrected chi connectivity index (χ2v) is 6.07. The Kier molecular flexibility index (Phi) is 3.19. The van der Waals surface area contributed by atoms with Gasteiger partial charge in [-0.05, 0) is 42.9 Å². The Hall–Kier alpha value is 0. The first-order chi connectivity index (χ1) is 6.74. The van der Waals surface area contributed by atoms with Gasteiger partial charge in [0.25, 0.3) is 0 Å². The van der Waals surface area contributed by atoms with E-state index in [1.54, 1.807) is 32.1 Å². The number of hydrogen-bond acceptors (Lipinski definition) is 0. The molecule has 0 amide bonds. The van der Waals surface area contributed by atoms with E-state index in [1.165, 1.54) is 25.7 Å². The van der Waals surface area contributed by atoms with Crippen molar-refractivity contribution in [1.82, 2.24) is 0 Å². The molecule has 3 rings (SSSR count). The monoisotopic (exact) mass is 194 g/mol. The second-order valence-electron chi connectivity index (χ2n) is 6.07. The minimum absolute atomic E-state index is 0.858. The molecule has 1 atom stereocenters. The van der Waals surface area contributed by atoms with Crippen LogP contribution in [0.3, 0.4) is 0 Å². The van der Waals surface area contributed by atoms with Crippen molar-refractivity contribution in [2.45, 2.75) is 71.6 Å². The van der Waals surface area contributed by atoms with Crippen molar-refractivity contribution in [3.63, 3.8) is 0 Å². The summed E-state index contributed by atoms with van der Waals surface area (Å²) in [6.45, 7) is 4.73. The molecule has 0 aromatic carbocycles. The molecule has 14 heavy (non-hydrogen) atoms. The van der Waals surface area contributed by atoms with E-state index in [0.717, 1.165) is 17.3 Å². The van der Waals surface area contributed by atoms with E-state index < -0.39 is 0 Å². The summed E-state index contributed by atoms with van der Waals surface area (Å²) in [4.78, 5) is 0. The maximum atomic E-state index is 2.40. The minimum atomic E-state index is 0.858. The quantitative estimate of drug-likeness (QED) is 0.590. The van der Waals surface area contributed by atoms with E-state index in [4.69, 9.17) is 0 Å². The van der Waals surface area contributed by atoms with Gasteiger partial charge in [-0.2, -0.15) is 0 Å². The molecule has 0 saturated heterocycles. The number of hydrogen-bond donors (Lipinski definition) is 0. The zero-order valence-electron chi connectivity index (χ0n) is 10.0. The molecular formula is C14H26. The van der Waals surface area contributed by atoms with Crippen molar-refractivity contribution >= 4 is 0 Å². The van der Waals surface area contributed by atoms with Gasteiger partial charge in [-0.15, -0.1) is 0 Å². The van der Waals surface area contributed by atoms with Crippen LogP contribution in [-0.4, -0.2) is 0 Å². The molecule has 2 bridgehead atoms. The summed E-state index contributed by atoms with van der Waals surface area (Å²) in [5, 5.41) is 0. The summed E-state index contributed by atoms with van der Waals surface area (Å²) in [7, 11) is 0. The Balaban J connectivity index is 1.66. The summed E-state index contributed by atoms with van der Waals surface area (Å²) in [6.07, 6.45) is 13.7. The van der Waals surface area contributed by atoms with Crippen LogP contribution in [-0.2, 0) is 0 Å². The molecular weight excluding hydrogens is 168 g/mol. The Morgan fingerprint density at radius 1 is 1.36 bits per heavy atom. The minimum Gasteiger partial charge on any atom is -0.0651 e.